The Hall–Kier alpha value is -1.02. The lowest BCUT2D eigenvalue weighted by Crippen LogP contribution is -2.37. The van der Waals surface area contributed by atoms with Crippen LogP contribution in [-0.2, 0) is 0 Å². The van der Waals surface area contributed by atoms with Crippen LogP contribution >= 0.6 is 0 Å². The first-order valence-electron chi connectivity index (χ1n) is 7.35. The first-order valence-corrected chi connectivity index (χ1v) is 7.35. The summed E-state index contributed by atoms with van der Waals surface area (Å²) < 4.78 is 0. The summed E-state index contributed by atoms with van der Waals surface area (Å²) in [5.74, 6) is 0. The molecule has 2 nitrogen and oxygen atoms in total. The molecule has 0 bridgehead atoms. The van der Waals surface area contributed by atoms with Crippen LogP contribution < -0.4 is 10.6 Å². The summed E-state index contributed by atoms with van der Waals surface area (Å²) in [4.78, 5) is 2.57. The molecule has 0 spiro atoms. The van der Waals surface area contributed by atoms with Crippen molar-refractivity contribution < 1.29 is 0 Å². The van der Waals surface area contributed by atoms with Crippen molar-refractivity contribution in [2.75, 3.05) is 11.4 Å². The molecule has 2 rings (SSSR count). The number of rotatable bonds is 4. The fourth-order valence-corrected chi connectivity index (χ4v) is 3.15. The van der Waals surface area contributed by atoms with Gasteiger partial charge in [0.05, 0.1) is 0 Å². The summed E-state index contributed by atoms with van der Waals surface area (Å²) in [6.45, 7) is 5.41. The van der Waals surface area contributed by atoms with Gasteiger partial charge in [0.1, 0.15) is 0 Å². The first kappa shape index (κ1) is 13.4. The SMILES string of the molecule is CCN(c1ccccc1[C@@H](C)N)C1CCCCC1. The van der Waals surface area contributed by atoms with Gasteiger partial charge in [-0.05, 0) is 38.3 Å². The normalized spacial score (nSPS) is 18.6. The number of para-hydroxylation sites is 1. The average molecular weight is 246 g/mol. The second kappa shape index (κ2) is 6.24. The number of benzene rings is 1. The maximum absolute atomic E-state index is 6.11. The Bertz CT molecular complexity index is 367. The van der Waals surface area contributed by atoms with E-state index in [0.29, 0.717) is 6.04 Å². The molecule has 0 aliphatic heterocycles. The van der Waals surface area contributed by atoms with E-state index in [9.17, 15) is 0 Å². The van der Waals surface area contributed by atoms with Gasteiger partial charge in [-0.2, -0.15) is 0 Å². The van der Waals surface area contributed by atoms with Crippen LogP contribution in [0.1, 0.15) is 57.6 Å². The Morgan fingerprint density at radius 3 is 2.50 bits per heavy atom. The van der Waals surface area contributed by atoms with Gasteiger partial charge in [-0.25, -0.2) is 0 Å². The van der Waals surface area contributed by atoms with Gasteiger partial charge in [0.2, 0.25) is 0 Å². The van der Waals surface area contributed by atoms with Crippen LogP contribution in [0.15, 0.2) is 24.3 Å². The van der Waals surface area contributed by atoms with Crippen molar-refractivity contribution >= 4 is 5.69 Å². The molecule has 0 heterocycles. The van der Waals surface area contributed by atoms with Crippen LogP contribution in [0.25, 0.3) is 0 Å². The fraction of sp³-hybridized carbons (Fsp3) is 0.625. The highest BCUT2D eigenvalue weighted by Gasteiger charge is 2.22. The summed E-state index contributed by atoms with van der Waals surface area (Å²) in [6, 6.07) is 9.45. The molecule has 0 radical (unpaired) electrons. The molecular formula is C16H26N2. The van der Waals surface area contributed by atoms with E-state index in [0.717, 1.165) is 6.54 Å². The van der Waals surface area contributed by atoms with Gasteiger partial charge in [0, 0.05) is 24.3 Å². The zero-order chi connectivity index (χ0) is 13.0. The smallest absolute Gasteiger partial charge is 0.0416 e. The van der Waals surface area contributed by atoms with Crippen molar-refractivity contribution in [2.24, 2.45) is 5.73 Å². The third kappa shape index (κ3) is 2.86. The van der Waals surface area contributed by atoms with E-state index in [4.69, 9.17) is 5.73 Å². The molecule has 2 N–H and O–H groups in total. The van der Waals surface area contributed by atoms with E-state index in [-0.39, 0.29) is 6.04 Å². The highest BCUT2D eigenvalue weighted by atomic mass is 15.2. The van der Waals surface area contributed by atoms with Gasteiger partial charge in [-0.15, -0.1) is 0 Å². The van der Waals surface area contributed by atoms with Crippen molar-refractivity contribution in [3.05, 3.63) is 29.8 Å². The highest BCUT2D eigenvalue weighted by Crippen LogP contribution is 2.31. The molecule has 0 unspecified atom stereocenters. The molecule has 18 heavy (non-hydrogen) atoms. The molecule has 1 atom stereocenters. The lowest BCUT2D eigenvalue weighted by atomic mass is 9.93. The molecular weight excluding hydrogens is 220 g/mol. The van der Waals surface area contributed by atoms with Crippen molar-refractivity contribution in [3.8, 4) is 0 Å². The van der Waals surface area contributed by atoms with Crippen LogP contribution in [0.5, 0.6) is 0 Å². The Labute approximate surface area is 111 Å². The average Bonchev–Trinajstić information content (AvgIpc) is 2.41. The highest BCUT2D eigenvalue weighted by molar-refractivity contribution is 5.55. The van der Waals surface area contributed by atoms with Gasteiger partial charge in [-0.3, -0.25) is 0 Å². The van der Waals surface area contributed by atoms with Gasteiger partial charge in [-0.1, -0.05) is 37.5 Å². The Kier molecular flexibility index (Phi) is 4.65. The predicted octanol–water partition coefficient (Wildman–Crippen LogP) is 3.87. The largest absolute Gasteiger partial charge is 0.369 e. The number of nitrogens with zero attached hydrogens (tertiary/aromatic N) is 1. The first-order chi connectivity index (χ1) is 8.74. The lowest BCUT2D eigenvalue weighted by Gasteiger charge is -2.37. The molecule has 100 valence electrons. The summed E-state index contributed by atoms with van der Waals surface area (Å²) in [6.07, 6.45) is 6.83. The lowest BCUT2D eigenvalue weighted by molar-refractivity contribution is 0.417. The van der Waals surface area contributed by atoms with E-state index < -0.39 is 0 Å². The predicted molar refractivity (Wildman–Crippen MR) is 78.9 cm³/mol. The van der Waals surface area contributed by atoms with Crippen LogP contribution in [0.4, 0.5) is 5.69 Å². The second-order valence-corrected chi connectivity index (χ2v) is 5.43. The quantitative estimate of drug-likeness (QED) is 0.874. The molecule has 1 aliphatic carbocycles. The molecule has 2 heteroatoms. The van der Waals surface area contributed by atoms with E-state index in [2.05, 4.69) is 43.0 Å². The van der Waals surface area contributed by atoms with E-state index in [1.54, 1.807) is 0 Å². The standard InChI is InChI=1S/C16H26N2/c1-3-18(14-9-5-4-6-10-14)16-12-8-7-11-15(16)13(2)17/h7-8,11-14H,3-6,9-10,17H2,1-2H3/t13-/m1/s1. The number of nitrogens with two attached hydrogens (primary N) is 1. The maximum Gasteiger partial charge on any atom is 0.0416 e. The molecule has 1 aliphatic rings. The summed E-state index contributed by atoms with van der Waals surface area (Å²) in [5, 5.41) is 0. The molecule has 0 amide bonds. The zero-order valence-electron chi connectivity index (χ0n) is 11.7. The Balaban J connectivity index is 2.26. The van der Waals surface area contributed by atoms with Crippen molar-refractivity contribution in [3.63, 3.8) is 0 Å². The minimum Gasteiger partial charge on any atom is -0.369 e. The van der Waals surface area contributed by atoms with Crippen molar-refractivity contribution in [2.45, 2.75) is 58.0 Å². The monoisotopic (exact) mass is 246 g/mol. The van der Waals surface area contributed by atoms with Crippen LogP contribution in [0.3, 0.4) is 0 Å². The van der Waals surface area contributed by atoms with Crippen molar-refractivity contribution in [1.29, 1.82) is 0 Å². The molecule has 1 aromatic carbocycles. The van der Waals surface area contributed by atoms with E-state index in [1.807, 2.05) is 0 Å². The van der Waals surface area contributed by atoms with Gasteiger partial charge >= 0.3 is 0 Å². The Morgan fingerprint density at radius 2 is 1.89 bits per heavy atom. The second-order valence-electron chi connectivity index (χ2n) is 5.43. The Morgan fingerprint density at radius 1 is 1.22 bits per heavy atom. The van der Waals surface area contributed by atoms with Gasteiger partial charge in [0.25, 0.3) is 0 Å². The number of hydrogen-bond donors (Lipinski definition) is 1. The molecule has 1 aromatic rings. The molecule has 1 fully saturated rings. The molecule has 1 saturated carbocycles. The summed E-state index contributed by atoms with van der Waals surface area (Å²) >= 11 is 0. The topological polar surface area (TPSA) is 29.3 Å². The number of hydrogen-bond acceptors (Lipinski definition) is 2. The maximum atomic E-state index is 6.11. The van der Waals surface area contributed by atoms with E-state index >= 15 is 0 Å². The van der Waals surface area contributed by atoms with Crippen LogP contribution in [-0.4, -0.2) is 12.6 Å². The minimum atomic E-state index is 0.110. The fourth-order valence-electron chi connectivity index (χ4n) is 3.15. The van der Waals surface area contributed by atoms with Gasteiger partial charge in [0.15, 0.2) is 0 Å². The number of anilines is 1. The van der Waals surface area contributed by atoms with E-state index in [1.165, 1.54) is 43.4 Å². The molecule has 0 aromatic heterocycles. The van der Waals surface area contributed by atoms with Gasteiger partial charge < -0.3 is 10.6 Å². The summed E-state index contributed by atoms with van der Waals surface area (Å²) in [7, 11) is 0. The minimum absolute atomic E-state index is 0.110. The molecule has 0 saturated heterocycles. The van der Waals surface area contributed by atoms with Crippen LogP contribution in [0.2, 0.25) is 0 Å². The third-order valence-corrected chi connectivity index (χ3v) is 4.09. The van der Waals surface area contributed by atoms with Crippen LogP contribution in [0, 0.1) is 0 Å². The third-order valence-electron chi connectivity index (χ3n) is 4.09. The summed E-state index contributed by atoms with van der Waals surface area (Å²) in [5.41, 5.74) is 8.74. The van der Waals surface area contributed by atoms with Crippen molar-refractivity contribution in [1.82, 2.24) is 0 Å². The zero-order valence-corrected chi connectivity index (χ0v) is 11.7.